The summed E-state index contributed by atoms with van der Waals surface area (Å²) < 4.78 is 18.3. The Hall–Kier alpha value is -2.90. The van der Waals surface area contributed by atoms with Crippen LogP contribution < -0.4 is 5.32 Å². The lowest BCUT2D eigenvalue weighted by Gasteiger charge is -2.29. The van der Waals surface area contributed by atoms with Crippen LogP contribution in [0.1, 0.15) is 77.6 Å². The minimum atomic E-state index is -0.510. The molecule has 1 fully saturated rings. The molecule has 1 saturated heterocycles. The van der Waals surface area contributed by atoms with Gasteiger partial charge in [-0.25, -0.2) is 9.18 Å². The zero-order valence-corrected chi connectivity index (χ0v) is 20.9. The summed E-state index contributed by atoms with van der Waals surface area (Å²) in [4.78, 5) is 38.8. The number of amides is 2. The topological polar surface area (TPSA) is 91.5 Å². The highest BCUT2D eigenvalue weighted by atomic mass is 19.1. The predicted octanol–water partition coefficient (Wildman–Crippen LogP) is 4.65. The molecule has 0 radical (unpaired) electrons. The summed E-state index contributed by atoms with van der Waals surface area (Å²) in [6.07, 6.45) is 4.49. The van der Waals surface area contributed by atoms with E-state index in [1.165, 1.54) is 11.6 Å². The highest BCUT2D eigenvalue weighted by Gasteiger charge is 2.37. The number of esters is 1. The van der Waals surface area contributed by atoms with Crippen molar-refractivity contribution in [2.75, 3.05) is 13.2 Å². The first-order valence-corrected chi connectivity index (χ1v) is 12.4. The molecule has 2 aromatic rings. The Labute approximate surface area is 201 Å². The Balaban J connectivity index is 0.000000233. The second-order valence-electron chi connectivity index (χ2n) is 8.41. The fourth-order valence-corrected chi connectivity index (χ4v) is 4.41. The van der Waals surface area contributed by atoms with E-state index in [1.54, 1.807) is 12.1 Å². The Morgan fingerprint density at radius 2 is 2.06 bits per heavy atom. The summed E-state index contributed by atoms with van der Waals surface area (Å²) in [5.41, 5.74) is 3.29. The molecule has 3 unspecified atom stereocenters. The molecule has 3 atom stereocenters. The Kier molecular flexibility index (Phi) is 10.5. The van der Waals surface area contributed by atoms with Crippen LogP contribution in [0.15, 0.2) is 18.2 Å². The van der Waals surface area contributed by atoms with Gasteiger partial charge in [0.2, 0.25) is 12.3 Å². The SMILES string of the molecule is CC.CCCOC(=O)C(NC=O)C(C)CC.O=C1CCC2c3[nH]c4ccc(F)cc4c3CCN12. The van der Waals surface area contributed by atoms with Gasteiger partial charge in [-0.15, -0.1) is 0 Å². The molecule has 34 heavy (non-hydrogen) atoms. The average molecular weight is 476 g/mol. The third kappa shape index (κ3) is 6.15. The summed E-state index contributed by atoms with van der Waals surface area (Å²) in [5, 5.41) is 3.46. The third-order valence-corrected chi connectivity index (χ3v) is 6.33. The maximum absolute atomic E-state index is 13.3. The zero-order valence-electron chi connectivity index (χ0n) is 20.9. The summed E-state index contributed by atoms with van der Waals surface area (Å²) in [5.74, 6) is -0.192. The van der Waals surface area contributed by atoms with Crippen molar-refractivity contribution >= 4 is 29.2 Å². The number of nitrogens with zero attached hydrogens (tertiary/aromatic N) is 1. The number of rotatable bonds is 7. The molecular weight excluding hydrogens is 437 g/mol. The number of carbonyl (C=O) groups excluding carboxylic acids is 3. The van der Waals surface area contributed by atoms with Gasteiger partial charge < -0.3 is 19.9 Å². The van der Waals surface area contributed by atoms with Crippen LogP contribution in [0.3, 0.4) is 0 Å². The molecule has 2 aliphatic heterocycles. The van der Waals surface area contributed by atoms with Crippen molar-refractivity contribution in [3.8, 4) is 0 Å². The molecule has 2 N–H and O–H groups in total. The highest BCUT2D eigenvalue weighted by molar-refractivity contribution is 5.87. The van der Waals surface area contributed by atoms with E-state index < -0.39 is 6.04 Å². The quantitative estimate of drug-likeness (QED) is 0.450. The normalized spacial score (nSPS) is 17.9. The predicted molar refractivity (Wildman–Crippen MR) is 131 cm³/mol. The number of aromatic amines is 1. The van der Waals surface area contributed by atoms with Crippen molar-refractivity contribution in [3.05, 3.63) is 35.3 Å². The molecule has 2 aliphatic rings. The lowest BCUT2D eigenvalue weighted by Crippen LogP contribution is -2.42. The smallest absolute Gasteiger partial charge is 0.328 e. The van der Waals surface area contributed by atoms with Crippen LogP contribution in [0.4, 0.5) is 4.39 Å². The van der Waals surface area contributed by atoms with E-state index in [0.29, 0.717) is 19.4 Å². The van der Waals surface area contributed by atoms with Gasteiger partial charge in [0.25, 0.3) is 0 Å². The third-order valence-electron chi connectivity index (χ3n) is 6.33. The number of aromatic nitrogens is 1. The van der Waals surface area contributed by atoms with E-state index in [4.69, 9.17) is 4.74 Å². The maximum Gasteiger partial charge on any atom is 0.328 e. The molecule has 0 bridgehead atoms. The molecular formula is C26H38FN3O4. The summed E-state index contributed by atoms with van der Waals surface area (Å²) in [7, 11) is 0. The lowest BCUT2D eigenvalue weighted by molar-refractivity contribution is -0.148. The molecule has 1 aromatic heterocycles. The first kappa shape index (κ1) is 27.3. The number of ether oxygens (including phenoxy) is 1. The zero-order chi connectivity index (χ0) is 25.3. The van der Waals surface area contributed by atoms with E-state index >= 15 is 0 Å². The lowest BCUT2D eigenvalue weighted by atomic mass is 9.98. The van der Waals surface area contributed by atoms with E-state index in [1.807, 2.05) is 39.5 Å². The summed E-state index contributed by atoms with van der Waals surface area (Å²) in [6.45, 7) is 11.0. The van der Waals surface area contributed by atoms with Gasteiger partial charge in [-0.05, 0) is 48.9 Å². The van der Waals surface area contributed by atoms with Crippen LogP contribution in [0.5, 0.6) is 0 Å². The first-order valence-electron chi connectivity index (χ1n) is 12.4. The molecule has 8 heteroatoms. The van der Waals surface area contributed by atoms with Gasteiger partial charge in [-0.2, -0.15) is 0 Å². The molecule has 3 heterocycles. The molecule has 0 saturated carbocycles. The summed E-state index contributed by atoms with van der Waals surface area (Å²) in [6, 6.07) is 4.52. The van der Waals surface area contributed by atoms with Crippen LogP contribution in [-0.2, 0) is 25.5 Å². The van der Waals surface area contributed by atoms with Gasteiger partial charge in [-0.1, -0.05) is 41.0 Å². The number of H-pyrrole nitrogens is 1. The molecule has 4 rings (SSSR count). The Morgan fingerprint density at radius 1 is 1.32 bits per heavy atom. The van der Waals surface area contributed by atoms with E-state index in [0.717, 1.165) is 48.8 Å². The molecule has 7 nitrogen and oxygen atoms in total. The molecule has 0 spiro atoms. The number of hydrogen-bond donors (Lipinski definition) is 2. The van der Waals surface area contributed by atoms with Crippen molar-refractivity contribution in [1.29, 1.82) is 0 Å². The van der Waals surface area contributed by atoms with Crippen LogP contribution in [0, 0.1) is 11.7 Å². The number of hydrogen-bond acceptors (Lipinski definition) is 4. The Bertz CT molecular complexity index is 974. The minimum Gasteiger partial charge on any atom is -0.464 e. The standard InChI is InChI=1S/C14H13FN2O.C10H19NO3.C2H6/c15-8-1-2-11-10(7-8)9-5-6-17-12(14(9)16-11)3-4-13(17)18;1-4-6-14-10(13)9(11-7-12)8(3)5-2;1-2/h1-2,7,12,16H,3-6H2;7-9H,4-6H2,1-3H3,(H,11,12);1-2H3. The molecule has 188 valence electrons. The fraction of sp³-hybridized carbons (Fsp3) is 0.577. The van der Waals surface area contributed by atoms with E-state index in [9.17, 15) is 18.8 Å². The molecule has 0 aliphatic carbocycles. The van der Waals surface area contributed by atoms with Crippen molar-refractivity contribution in [1.82, 2.24) is 15.2 Å². The van der Waals surface area contributed by atoms with Gasteiger partial charge >= 0.3 is 5.97 Å². The van der Waals surface area contributed by atoms with Crippen LogP contribution in [-0.4, -0.2) is 47.4 Å². The number of nitrogens with one attached hydrogen (secondary N) is 2. The Morgan fingerprint density at radius 3 is 2.71 bits per heavy atom. The second-order valence-corrected chi connectivity index (χ2v) is 8.41. The summed E-state index contributed by atoms with van der Waals surface area (Å²) >= 11 is 0. The largest absolute Gasteiger partial charge is 0.464 e. The van der Waals surface area contributed by atoms with Crippen LogP contribution >= 0.6 is 0 Å². The van der Waals surface area contributed by atoms with Crippen LogP contribution in [0.2, 0.25) is 0 Å². The number of benzene rings is 1. The second kappa shape index (κ2) is 13.1. The van der Waals surface area contributed by atoms with Gasteiger partial charge in [0.15, 0.2) is 0 Å². The monoisotopic (exact) mass is 475 g/mol. The van der Waals surface area contributed by atoms with Crippen molar-refractivity contribution in [2.24, 2.45) is 5.92 Å². The maximum atomic E-state index is 13.3. The molecule has 2 amide bonds. The van der Waals surface area contributed by atoms with Crippen LogP contribution in [0.25, 0.3) is 10.9 Å². The number of halogens is 1. The average Bonchev–Trinajstić information content (AvgIpc) is 3.42. The number of fused-ring (bicyclic) bond motifs is 5. The van der Waals surface area contributed by atoms with E-state index in [2.05, 4.69) is 10.3 Å². The van der Waals surface area contributed by atoms with Gasteiger partial charge in [0.1, 0.15) is 11.9 Å². The van der Waals surface area contributed by atoms with Gasteiger partial charge in [-0.3, -0.25) is 9.59 Å². The fourth-order valence-electron chi connectivity index (χ4n) is 4.41. The van der Waals surface area contributed by atoms with Crippen molar-refractivity contribution in [2.45, 2.75) is 78.8 Å². The minimum absolute atomic E-state index is 0.101. The number of carbonyl (C=O) groups is 3. The van der Waals surface area contributed by atoms with Gasteiger partial charge in [0.05, 0.1) is 12.6 Å². The molecule has 1 aromatic carbocycles. The van der Waals surface area contributed by atoms with E-state index in [-0.39, 0.29) is 29.7 Å². The van der Waals surface area contributed by atoms with Crippen molar-refractivity contribution < 1.29 is 23.5 Å². The van der Waals surface area contributed by atoms with Gasteiger partial charge in [0, 0.05) is 29.6 Å². The van der Waals surface area contributed by atoms with Crippen molar-refractivity contribution in [3.63, 3.8) is 0 Å². The first-order chi connectivity index (χ1) is 16.4. The highest BCUT2D eigenvalue weighted by Crippen LogP contribution is 2.40.